The Kier molecular flexibility index (Phi) is 5.63. The minimum atomic E-state index is 0.241. The SMILES string of the molecule is CCCN1CCOC(C(NC)c2sccc2Br)C1. The minimum absolute atomic E-state index is 0.241. The maximum Gasteiger partial charge on any atom is 0.0905 e. The highest BCUT2D eigenvalue weighted by Crippen LogP contribution is 2.32. The van der Waals surface area contributed by atoms with E-state index in [1.165, 1.54) is 22.3 Å². The Morgan fingerprint density at radius 3 is 3.11 bits per heavy atom. The van der Waals surface area contributed by atoms with E-state index >= 15 is 0 Å². The van der Waals surface area contributed by atoms with Gasteiger partial charge in [0.25, 0.3) is 0 Å². The molecule has 2 unspecified atom stereocenters. The number of ether oxygens (including phenoxy) is 1. The Bertz CT molecular complexity index is 370. The van der Waals surface area contributed by atoms with Gasteiger partial charge >= 0.3 is 0 Å². The molecule has 1 aromatic rings. The van der Waals surface area contributed by atoms with Gasteiger partial charge in [-0.15, -0.1) is 11.3 Å². The van der Waals surface area contributed by atoms with Crippen molar-refractivity contribution in [1.82, 2.24) is 10.2 Å². The van der Waals surface area contributed by atoms with E-state index in [2.05, 4.69) is 44.5 Å². The Labute approximate surface area is 122 Å². The van der Waals surface area contributed by atoms with E-state index in [-0.39, 0.29) is 12.1 Å². The van der Waals surface area contributed by atoms with Crippen molar-refractivity contribution in [3.8, 4) is 0 Å². The zero-order valence-electron chi connectivity index (χ0n) is 11.0. The minimum Gasteiger partial charge on any atom is -0.374 e. The molecule has 2 heterocycles. The van der Waals surface area contributed by atoms with Gasteiger partial charge in [-0.3, -0.25) is 4.90 Å². The summed E-state index contributed by atoms with van der Waals surface area (Å²) >= 11 is 5.40. The molecule has 1 fully saturated rings. The standard InChI is InChI=1S/C13H21BrN2OS/c1-3-5-16-6-7-17-11(9-16)12(15-2)13-10(14)4-8-18-13/h4,8,11-12,15H,3,5-7,9H2,1-2H3. The van der Waals surface area contributed by atoms with Crippen LogP contribution in [-0.4, -0.2) is 44.3 Å². The van der Waals surface area contributed by atoms with Crippen molar-refractivity contribution < 1.29 is 4.74 Å². The number of nitrogens with one attached hydrogen (secondary N) is 1. The second-order valence-corrected chi connectivity index (χ2v) is 6.41. The van der Waals surface area contributed by atoms with Crippen molar-refractivity contribution in [2.45, 2.75) is 25.5 Å². The molecule has 5 heteroatoms. The summed E-state index contributed by atoms with van der Waals surface area (Å²) in [7, 11) is 2.01. The maximum atomic E-state index is 5.97. The smallest absolute Gasteiger partial charge is 0.0905 e. The van der Waals surface area contributed by atoms with Gasteiger partial charge < -0.3 is 10.1 Å². The molecular weight excluding hydrogens is 312 g/mol. The van der Waals surface area contributed by atoms with Crippen LogP contribution in [0.25, 0.3) is 0 Å². The molecule has 102 valence electrons. The zero-order valence-corrected chi connectivity index (χ0v) is 13.4. The predicted octanol–water partition coefficient (Wildman–Crippen LogP) is 2.88. The Morgan fingerprint density at radius 1 is 1.67 bits per heavy atom. The highest BCUT2D eigenvalue weighted by molar-refractivity contribution is 9.10. The van der Waals surface area contributed by atoms with Gasteiger partial charge in [-0.1, -0.05) is 6.92 Å². The number of likely N-dealkylation sites (N-methyl/N-ethyl adjacent to an activating group) is 1. The second kappa shape index (κ2) is 7.01. The molecule has 1 N–H and O–H groups in total. The molecule has 0 aliphatic carbocycles. The van der Waals surface area contributed by atoms with Crippen LogP contribution in [0.4, 0.5) is 0 Å². The normalized spacial score (nSPS) is 23.2. The highest BCUT2D eigenvalue weighted by atomic mass is 79.9. The number of rotatable bonds is 5. The third kappa shape index (κ3) is 3.33. The average molecular weight is 333 g/mol. The summed E-state index contributed by atoms with van der Waals surface area (Å²) in [6.07, 6.45) is 1.45. The van der Waals surface area contributed by atoms with Crippen LogP contribution in [-0.2, 0) is 4.74 Å². The molecule has 1 saturated heterocycles. The van der Waals surface area contributed by atoms with Gasteiger partial charge in [-0.05, 0) is 47.4 Å². The van der Waals surface area contributed by atoms with Crippen LogP contribution in [0.15, 0.2) is 15.9 Å². The first-order chi connectivity index (χ1) is 8.76. The van der Waals surface area contributed by atoms with E-state index in [4.69, 9.17) is 4.74 Å². The van der Waals surface area contributed by atoms with Crippen LogP contribution in [0, 0.1) is 0 Å². The molecule has 18 heavy (non-hydrogen) atoms. The Hall–Kier alpha value is 0.0600. The summed E-state index contributed by atoms with van der Waals surface area (Å²) in [4.78, 5) is 3.83. The molecular formula is C13H21BrN2OS. The van der Waals surface area contributed by atoms with Crippen LogP contribution in [0.5, 0.6) is 0 Å². The van der Waals surface area contributed by atoms with E-state index in [9.17, 15) is 0 Å². The number of morpholine rings is 1. The van der Waals surface area contributed by atoms with Gasteiger partial charge in [0, 0.05) is 22.4 Å². The fourth-order valence-corrected chi connectivity index (χ4v) is 4.25. The number of nitrogens with zero attached hydrogens (tertiary/aromatic N) is 1. The van der Waals surface area contributed by atoms with Gasteiger partial charge in [-0.25, -0.2) is 0 Å². The van der Waals surface area contributed by atoms with E-state index < -0.39 is 0 Å². The molecule has 0 bridgehead atoms. The summed E-state index contributed by atoms with van der Waals surface area (Å²) in [6, 6.07) is 2.38. The first-order valence-electron chi connectivity index (χ1n) is 6.50. The molecule has 0 saturated carbocycles. The van der Waals surface area contributed by atoms with Crippen molar-refractivity contribution in [2.24, 2.45) is 0 Å². The molecule has 2 atom stereocenters. The molecule has 1 aliphatic rings. The number of hydrogen-bond acceptors (Lipinski definition) is 4. The lowest BCUT2D eigenvalue weighted by Gasteiger charge is -2.36. The van der Waals surface area contributed by atoms with Crippen LogP contribution in [0.3, 0.4) is 0 Å². The first kappa shape index (κ1) is 14.5. The fourth-order valence-electron chi connectivity index (χ4n) is 2.47. The molecule has 1 aromatic heterocycles. The van der Waals surface area contributed by atoms with Gasteiger partial charge in [0.1, 0.15) is 0 Å². The molecule has 0 aromatic carbocycles. The van der Waals surface area contributed by atoms with E-state index in [1.807, 2.05) is 7.05 Å². The van der Waals surface area contributed by atoms with Crippen molar-refractivity contribution in [1.29, 1.82) is 0 Å². The third-order valence-corrected chi connectivity index (χ3v) is 5.28. The average Bonchev–Trinajstić information content (AvgIpc) is 2.78. The molecule has 1 aliphatic heterocycles. The maximum absolute atomic E-state index is 5.97. The lowest BCUT2D eigenvalue weighted by Crippen LogP contribution is -2.47. The third-order valence-electron chi connectivity index (χ3n) is 3.33. The van der Waals surface area contributed by atoms with Crippen molar-refractivity contribution >= 4 is 27.3 Å². The Morgan fingerprint density at radius 2 is 2.50 bits per heavy atom. The van der Waals surface area contributed by atoms with Crippen LogP contribution >= 0.6 is 27.3 Å². The molecule has 0 spiro atoms. The lowest BCUT2D eigenvalue weighted by molar-refractivity contribution is -0.0454. The van der Waals surface area contributed by atoms with E-state index in [0.29, 0.717) is 0 Å². The largest absolute Gasteiger partial charge is 0.374 e. The van der Waals surface area contributed by atoms with Crippen LogP contribution in [0.2, 0.25) is 0 Å². The topological polar surface area (TPSA) is 24.5 Å². The molecule has 0 radical (unpaired) electrons. The van der Waals surface area contributed by atoms with Crippen molar-refractivity contribution in [3.05, 3.63) is 20.8 Å². The summed E-state index contributed by atoms with van der Waals surface area (Å²) in [6.45, 7) is 6.32. The molecule has 2 rings (SSSR count). The van der Waals surface area contributed by atoms with E-state index in [0.717, 1.165) is 19.7 Å². The lowest BCUT2D eigenvalue weighted by atomic mass is 10.1. The monoisotopic (exact) mass is 332 g/mol. The predicted molar refractivity (Wildman–Crippen MR) is 80.3 cm³/mol. The van der Waals surface area contributed by atoms with Crippen molar-refractivity contribution in [2.75, 3.05) is 33.3 Å². The van der Waals surface area contributed by atoms with Crippen LogP contribution < -0.4 is 5.32 Å². The summed E-state index contributed by atoms with van der Waals surface area (Å²) in [5.41, 5.74) is 0. The number of thiophene rings is 1. The van der Waals surface area contributed by atoms with Crippen molar-refractivity contribution in [3.63, 3.8) is 0 Å². The van der Waals surface area contributed by atoms with Gasteiger partial charge in [0.15, 0.2) is 0 Å². The summed E-state index contributed by atoms with van der Waals surface area (Å²) in [5.74, 6) is 0. The van der Waals surface area contributed by atoms with Gasteiger partial charge in [0.2, 0.25) is 0 Å². The number of halogens is 1. The Balaban J connectivity index is 2.06. The fraction of sp³-hybridized carbons (Fsp3) is 0.692. The highest BCUT2D eigenvalue weighted by Gasteiger charge is 2.29. The van der Waals surface area contributed by atoms with Gasteiger partial charge in [0.05, 0.1) is 18.8 Å². The quantitative estimate of drug-likeness (QED) is 0.897. The number of hydrogen-bond donors (Lipinski definition) is 1. The zero-order chi connectivity index (χ0) is 13.0. The second-order valence-electron chi connectivity index (χ2n) is 4.61. The summed E-state index contributed by atoms with van der Waals surface area (Å²) < 4.78 is 7.15. The van der Waals surface area contributed by atoms with E-state index in [1.54, 1.807) is 11.3 Å². The van der Waals surface area contributed by atoms with Crippen LogP contribution in [0.1, 0.15) is 24.3 Å². The summed E-state index contributed by atoms with van der Waals surface area (Å²) in [5, 5.41) is 5.53. The molecule has 3 nitrogen and oxygen atoms in total. The molecule has 0 amide bonds. The first-order valence-corrected chi connectivity index (χ1v) is 8.17. The van der Waals surface area contributed by atoms with Gasteiger partial charge in [-0.2, -0.15) is 0 Å².